The van der Waals surface area contributed by atoms with Crippen LogP contribution in [-0.4, -0.2) is 48.2 Å². The number of aromatic amines is 1. The van der Waals surface area contributed by atoms with Gasteiger partial charge in [0.25, 0.3) is 21.5 Å². The summed E-state index contributed by atoms with van der Waals surface area (Å²) in [6.45, 7) is 2.71. The molecule has 1 aromatic heterocycles. The quantitative estimate of drug-likeness (QED) is 0.585. The lowest BCUT2D eigenvalue weighted by Gasteiger charge is -2.11. The second-order valence-electron chi connectivity index (χ2n) is 7.73. The molecule has 2 heterocycles. The van der Waals surface area contributed by atoms with E-state index in [1.165, 1.54) is 42.5 Å². The van der Waals surface area contributed by atoms with Gasteiger partial charge in [0.1, 0.15) is 5.84 Å². The van der Waals surface area contributed by atoms with Gasteiger partial charge in [-0.3, -0.25) is 14.2 Å². The number of H-pyrrole nitrogens is 1. The second kappa shape index (κ2) is 8.66. The number of amides is 1. The van der Waals surface area contributed by atoms with Crippen LogP contribution in [0.1, 0.15) is 30.1 Å². The topological polar surface area (TPSA) is 134 Å². The van der Waals surface area contributed by atoms with E-state index in [9.17, 15) is 22.8 Å². The molecule has 11 heteroatoms. The summed E-state index contributed by atoms with van der Waals surface area (Å²) in [5.74, 6) is 0.0632. The third-order valence-corrected chi connectivity index (χ3v) is 6.85. The average molecular weight is 470 g/mol. The summed E-state index contributed by atoms with van der Waals surface area (Å²) in [5.41, 5.74) is -0.0809. The summed E-state index contributed by atoms with van der Waals surface area (Å²) in [6.07, 6.45) is 1.49. The number of hydrogen-bond donors (Lipinski definition) is 2. The van der Waals surface area contributed by atoms with Gasteiger partial charge < -0.3 is 15.2 Å². The van der Waals surface area contributed by atoms with Gasteiger partial charge in [-0.2, -0.15) is 8.42 Å². The van der Waals surface area contributed by atoms with Crippen molar-refractivity contribution >= 4 is 38.4 Å². The zero-order chi connectivity index (χ0) is 23.8. The number of rotatable bonds is 5. The Morgan fingerprint density at radius 3 is 2.52 bits per heavy atom. The van der Waals surface area contributed by atoms with E-state index in [4.69, 9.17) is 0 Å². The molecule has 1 aliphatic rings. The number of sulfonamides is 1. The Labute approximate surface area is 189 Å². The van der Waals surface area contributed by atoms with Crippen LogP contribution in [-0.2, 0) is 16.6 Å². The standard InChI is InChI=1S/C22H23N5O5S/c1-3-27-21(29)17-11-6-14(13-18(17)24-22(27)30)20(28)23-15-7-9-16(10-8-15)33(31,32)25-19-5-4-12-26(19)2/h6-11,13H,3-5,12H2,1-2H3,(H,23,28)(H,24,30)/b25-19-. The maximum Gasteiger partial charge on any atom is 0.328 e. The van der Waals surface area contributed by atoms with Gasteiger partial charge in [-0.05, 0) is 55.8 Å². The van der Waals surface area contributed by atoms with Crippen molar-refractivity contribution in [1.29, 1.82) is 0 Å². The molecule has 1 saturated heterocycles. The van der Waals surface area contributed by atoms with E-state index in [0.717, 1.165) is 17.5 Å². The third-order valence-electron chi connectivity index (χ3n) is 5.53. The first-order valence-electron chi connectivity index (χ1n) is 10.4. The molecule has 2 aromatic carbocycles. The molecule has 172 valence electrons. The molecule has 10 nitrogen and oxygen atoms in total. The highest BCUT2D eigenvalue weighted by molar-refractivity contribution is 7.90. The maximum absolute atomic E-state index is 12.7. The van der Waals surface area contributed by atoms with Crippen LogP contribution < -0.4 is 16.6 Å². The van der Waals surface area contributed by atoms with Gasteiger partial charge in [0.15, 0.2) is 0 Å². The molecular formula is C22H23N5O5S. The molecule has 0 saturated carbocycles. The molecule has 3 aromatic rings. The van der Waals surface area contributed by atoms with Gasteiger partial charge in [-0.25, -0.2) is 4.79 Å². The minimum absolute atomic E-state index is 0.0313. The highest BCUT2D eigenvalue weighted by atomic mass is 32.2. The minimum atomic E-state index is -3.84. The minimum Gasteiger partial charge on any atom is -0.362 e. The summed E-state index contributed by atoms with van der Waals surface area (Å²) in [6, 6.07) is 10.1. The predicted octanol–water partition coefficient (Wildman–Crippen LogP) is 1.77. The van der Waals surface area contributed by atoms with E-state index in [0.29, 0.717) is 23.3 Å². The van der Waals surface area contributed by atoms with E-state index in [1.54, 1.807) is 6.92 Å². The molecule has 4 rings (SSSR count). The van der Waals surface area contributed by atoms with Crippen molar-refractivity contribution in [3.8, 4) is 0 Å². The van der Waals surface area contributed by atoms with Gasteiger partial charge in [0, 0.05) is 37.8 Å². The molecule has 0 spiro atoms. The molecule has 1 aliphatic heterocycles. The van der Waals surface area contributed by atoms with Crippen molar-refractivity contribution in [3.05, 3.63) is 68.9 Å². The zero-order valence-electron chi connectivity index (χ0n) is 18.2. The Hall–Kier alpha value is -3.73. The number of nitrogens with zero attached hydrogens (tertiary/aromatic N) is 3. The van der Waals surface area contributed by atoms with Gasteiger partial charge >= 0.3 is 5.69 Å². The summed E-state index contributed by atoms with van der Waals surface area (Å²) in [4.78, 5) is 41.5. The molecule has 1 amide bonds. The van der Waals surface area contributed by atoms with Crippen molar-refractivity contribution in [1.82, 2.24) is 14.5 Å². The van der Waals surface area contributed by atoms with Crippen molar-refractivity contribution in [2.75, 3.05) is 18.9 Å². The summed E-state index contributed by atoms with van der Waals surface area (Å²) < 4.78 is 30.1. The molecule has 2 N–H and O–H groups in total. The fourth-order valence-corrected chi connectivity index (χ4v) is 4.79. The lowest BCUT2D eigenvalue weighted by Crippen LogP contribution is -2.34. The Morgan fingerprint density at radius 1 is 1.15 bits per heavy atom. The lowest BCUT2D eigenvalue weighted by molar-refractivity contribution is 0.102. The van der Waals surface area contributed by atoms with E-state index >= 15 is 0 Å². The molecule has 0 atom stereocenters. The molecule has 0 aliphatic carbocycles. The monoisotopic (exact) mass is 469 g/mol. The first-order chi connectivity index (χ1) is 15.7. The Kier molecular flexibility index (Phi) is 5.90. The molecule has 0 unspecified atom stereocenters. The second-order valence-corrected chi connectivity index (χ2v) is 9.33. The van der Waals surface area contributed by atoms with E-state index in [1.807, 2.05) is 11.9 Å². The zero-order valence-corrected chi connectivity index (χ0v) is 19.0. The van der Waals surface area contributed by atoms with Gasteiger partial charge in [-0.15, -0.1) is 4.40 Å². The maximum atomic E-state index is 12.7. The summed E-state index contributed by atoms with van der Waals surface area (Å²) in [7, 11) is -2.04. The van der Waals surface area contributed by atoms with Crippen molar-refractivity contribution in [2.24, 2.45) is 4.40 Å². The highest BCUT2D eigenvalue weighted by Crippen LogP contribution is 2.20. The largest absolute Gasteiger partial charge is 0.362 e. The van der Waals surface area contributed by atoms with Crippen molar-refractivity contribution in [3.63, 3.8) is 0 Å². The Morgan fingerprint density at radius 2 is 1.88 bits per heavy atom. The molecule has 0 radical (unpaired) electrons. The number of benzene rings is 2. The van der Waals surface area contributed by atoms with Crippen LogP contribution in [0.3, 0.4) is 0 Å². The number of aromatic nitrogens is 2. The highest BCUT2D eigenvalue weighted by Gasteiger charge is 2.20. The van der Waals surface area contributed by atoms with Crippen molar-refractivity contribution < 1.29 is 13.2 Å². The number of hydrogen-bond acceptors (Lipinski definition) is 5. The number of carbonyl (C=O) groups excluding carboxylic acids is 1. The van der Waals surface area contributed by atoms with Crippen LogP contribution in [0.25, 0.3) is 10.9 Å². The van der Waals surface area contributed by atoms with Gasteiger partial charge in [0.2, 0.25) is 0 Å². The fraction of sp³-hybridized carbons (Fsp3) is 0.273. The number of likely N-dealkylation sites (tertiary alicyclic amines) is 1. The van der Waals surface area contributed by atoms with Crippen LogP contribution in [0.2, 0.25) is 0 Å². The van der Waals surface area contributed by atoms with Gasteiger partial charge in [-0.1, -0.05) is 0 Å². The van der Waals surface area contributed by atoms with Crippen LogP contribution in [0.5, 0.6) is 0 Å². The van der Waals surface area contributed by atoms with E-state index < -0.39 is 27.2 Å². The number of amidine groups is 1. The fourth-order valence-electron chi connectivity index (χ4n) is 3.70. The van der Waals surface area contributed by atoms with Crippen LogP contribution in [0.4, 0.5) is 5.69 Å². The number of nitrogens with one attached hydrogen (secondary N) is 2. The summed E-state index contributed by atoms with van der Waals surface area (Å²) in [5, 5.41) is 2.98. The molecular weight excluding hydrogens is 446 g/mol. The summed E-state index contributed by atoms with van der Waals surface area (Å²) >= 11 is 0. The number of anilines is 1. The molecule has 33 heavy (non-hydrogen) atoms. The average Bonchev–Trinajstić information content (AvgIpc) is 3.17. The number of fused-ring (bicyclic) bond motifs is 1. The third kappa shape index (κ3) is 4.44. The van der Waals surface area contributed by atoms with E-state index in [-0.39, 0.29) is 22.5 Å². The smallest absolute Gasteiger partial charge is 0.328 e. The normalized spacial score (nSPS) is 15.3. The van der Waals surface area contributed by atoms with Crippen LogP contribution in [0, 0.1) is 0 Å². The first-order valence-corrected chi connectivity index (χ1v) is 11.9. The number of carbonyl (C=O) groups is 1. The first kappa shape index (κ1) is 22.5. The Balaban J connectivity index is 1.55. The Bertz CT molecular complexity index is 1490. The van der Waals surface area contributed by atoms with E-state index in [2.05, 4.69) is 14.7 Å². The molecule has 1 fully saturated rings. The molecule has 0 bridgehead atoms. The van der Waals surface area contributed by atoms with Gasteiger partial charge in [0.05, 0.1) is 15.8 Å². The van der Waals surface area contributed by atoms with Crippen LogP contribution >= 0.6 is 0 Å². The predicted molar refractivity (Wildman–Crippen MR) is 125 cm³/mol. The lowest BCUT2D eigenvalue weighted by atomic mass is 10.1. The van der Waals surface area contributed by atoms with Crippen LogP contribution in [0.15, 0.2) is 61.3 Å². The van der Waals surface area contributed by atoms with Crippen molar-refractivity contribution in [2.45, 2.75) is 31.2 Å². The SMILES string of the molecule is CCn1c(=O)[nH]c2cc(C(=O)Nc3ccc(S(=O)(=O)/N=C4/CCCN4C)cc3)ccc2c1=O.